The third kappa shape index (κ3) is 6.72. The minimum atomic E-state index is -0.749. The number of allylic oxidation sites excluding steroid dienone is 1. The van der Waals surface area contributed by atoms with Gasteiger partial charge in [-0.2, -0.15) is 0 Å². The van der Waals surface area contributed by atoms with Crippen LogP contribution in [0.4, 0.5) is 10.6 Å². The number of anilines is 1. The van der Waals surface area contributed by atoms with Crippen molar-refractivity contribution < 1.29 is 23.9 Å². The van der Waals surface area contributed by atoms with E-state index in [0.29, 0.717) is 30.0 Å². The summed E-state index contributed by atoms with van der Waals surface area (Å²) in [6.07, 6.45) is 12.8. The van der Waals surface area contributed by atoms with Gasteiger partial charge in [-0.25, -0.2) is 14.8 Å². The van der Waals surface area contributed by atoms with Crippen LogP contribution in [0.3, 0.4) is 0 Å². The SMILES string of the molecule is C/C(=C1/C2CCC3C(C)(CCC4C(C)(C)C(OC(=O)CC(C)(C)C=O)CCC43C)C2CCC1(CC=O)NC(=O)Nc1ccncn1)C(C)C. The van der Waals surface area contributed by atoms with Gasteiger partial charge in [0, 0.05) is 23.4 Å². The second-order valence-corrected chi connectivity index (χ2v) is 18.0. The highest BCUT2D eigenvalue weighted by molar-refractivity contribution is 5.89. The lowest BCUT2D eigenvalue weighted by atomic mass is 9.36. The maximum Gasteiger partial charge on any atom is 0.321 e. The number of urea groups is 1. The van der Waals surface area contributed by atoms with E-state index in [2.05, 4.69) is 69.1 Å². The van der Waals surface area contributed by atoms with E-state index in [1.165, 1.54) is 17.5 Å². The molecule has 0 spiro atoms. The third-order valence-corrected chi connectivity index (χ3v) is 14.0. The Morgan fingerprint density at radius 3 is 2.35 bits per heavy atom. The number of hydrogen-bond acceptors (Lipinski definition) is 7. The van der Waals surface area contributed by atoms with Crippen LogP contribution in [0.25, 0.3) is 0 Å². The average Bonchev–Trinajstić information content (AvgIpc) is 3.02. The van der Waals surface area contributed by atoms with Crippen LogP contribution in [0, 0.1) is 51.2 Å². The highest BCUT2D eigenvalue weighted by Gasteiger charge is 2.66. The van der Waals surface area contributed by atoms with Gasteiger partial charge in [0.2, 0.25) is 0 Å². The summed E-state index contributed by atoms with van der Waals surface area (Å²) in [5, 5.41) is 6.20. The van der Waals surface area contributed by atoms with Gasteiger partial charge >= 0.3 is 12.0 Å². The number of nitrogens with zero attached hydrogens (tertiary/aromatic N) is 2. The van der Waals surface area contributed by atoms with E-state index >= 15 is 0 Å². The first-order valence-corrected chi connectivity index (χ1v) is 18.6. The monoisotopic (exact) mass is 676 g/mol. The van der Waals surface area contributed by atoms with Gasteiger partial charge in [0.15, 0.2) is 0 Å². The number of esters is 1. The number of fused-ring (bicyclic) bond motifs is 5. The Balaban J connectivity index is 1.42. The van der Waals surface area contributed by atoms with Crippen molar-refractivity contribution in [1.82, 2.24) is 15.3 Å². The molecule has 9 heteroatoms. The van der Waals surface area contributed by atoms with Gasteiger partial charge in [0.25, 0.3) is 0 Å². The lowest BCUT2D eigenvalue weighted by Gasteiger charge is -2.69. The molecule has 1 aromatic heterocycles. The number of ether oxygens (including phenoxy) is 1. The molecule has 8 unspecified atom stereocenters. The predicted octanol–water partition coefficient (Wildman–Crippen LogP) is 8.10. The first-order chi connectivity index (χ1) is 22.9. The average molecular weight is 677 g/mol. The molecule has 270 valence electrons. The Bertz CT molecular complexity index is 1460. The van der Waals surface area contributed by atoms with E-state index in [4.69, 9.17) is 4.74 Å². The quantitative estimate of drug-likeness (QED) is 0.154. The van der Waals surface area contributed by atoms with Gasteiger partial charge < -0.3 is 19.6 Å². The van der Waals surface area contributed by atoms with E-state index in [1.807, 2.05) is 0 Å². The van der Waals surface area contributed by atoms with Crippen LogP contribution in [-0.4, -0.2) is 46.2 Å². The van der Waals surface area contributed by atoms with Crippen LogP contribution >= 0.6 is 0 Å². The molecule has 2 N–H and O–H groups in total. The summed E-state index contributed by atoms with van der Waals surface area (Å²) in [6.45, 7) is 19.9. The Morgan fingerprint density at radius 2 is 1.71 bits per heavy atom. The van der Waals surface area contributed by atoms with Gasteiger partial charge in [-0.3, -0.25) is 10.1 Å². The predicted molar refractivity (Wildman–Crippen MR) is 190 cm³/mol. The number of aldehydes is 2. The van der Waals surface area contributed by atoms with Gasteiger partial charge in [-0.1, -0.05) is 61.0 Å². The van der Waals surface area contributed by atoms with Crippen molar-refractivity contribution in [2.24, 2.45) is 51.2 Å². The summed E-state index contributed by atoms with van der Waals surface area (Å²) in [5.41, 5.74) is 1.11. The minimum Gasteiger partial charge on any atom is -0.462 e. The summed E-state index contributed by atoms with van der Waals surface area (Å²) >= 11 is 0. The van der Waals surface area contributed by atoms with E-state index in [9.17, 15) is 19.2 Å². The number of rotatable bonds is 9. The van der Waals surface area contributed by atoms with Gasteiger partial charge in [0.05, 0.1) is 12.0 Å². The fourth-order valence-corrected chi connectivity index (χ4v) is 11.5. The zero-order valence-electron chi connectivity index (χ0n) is 31.4. The van der Waals surface area contributed by atoms with Crippen LogP contribution in [0.2, 0.25) is 0 Å². The molecule has 0 saturated heterocycles. The molecule has 1 heterocycles. The molecule has 1 aromatic rings. The lowest BCUT2D eigenvalue weighted by molar-refractivity contribution is -0.213. The zero-order chi connectivity index (χ0) is 36.0. The van der Waals surface area contributed by atoms with Gasteiger partial charge in [-0.15, -0.1) is 0 Å². The smallest absolute Gasteiger partial charge is 0.321 e. The van der Waals surface area contributed by atoms with Crippen LogP contribution in [0.15, 0.2) is 29.7 Å². The highest BCUT2D eigenvalue weighted by atomic mass is 16.5. The number of carbonyl (C=O) groups excluding carboxylic acids is 4. The van der Waals surface area contributed by atoms with Gasteiger partial charge in [-0.05, 0) is 110 Å². The molecular weight excluding hydrogens is 616 g/mol. The molecule has 8 atom stereocenters. The van der Waals surface area contributed by atoms with E-state index in [1.54, 1.807) is 26.1 Å². The molecule has 49 heavy (non-hydrogen) atoms. The van der Waals surface area contributed by atoms with Crippen molar-refractivity contribution in [1.29, 1.82) is 0 Å². The highest BCUT2D eigenvalue weighted by Crippen LogP contribution is 2.71. The Kier molecular flexibility index (Phi) is 10.3. The number of nitrogens with one attached hydrogen (secondary N) is 2. The van der Waals surface area contributed by atoms with Crippen molar-refractivity contribution in [2.75, 3.05) is 5.32 Å². The third-order valence-electron chi connectivity index (χ3n) is 14.0. The molecule has 0 bridgehead atoms. The normalized spacial score (nSPS) is 36.3. The van der Waals surface area contributed by atoms with Crippen molar-refractivity contribution in [3.63, 3.8) is 0 Å². The Morgan fingerprint density at radius 1 is 1.00 bits per heavy atom. The first-order valence-electron chi connectivity index (χ1n) is 18.6. The Hall–Kier alpha value is -3.10. The van der Waals surface area contributed by atoms with E-state index < -0.39 is 11.0 Å². The first kappa shape index (κ1) is 37.2. The van der Waals surface area contributed by atoms with E-state index in [-0.39, 0.29) is 59.0 Å². The molecule has 4 aliphatic carbocycles. The van der Waals surface area contributed by atoms with Crippen molar-refractivity contribution >= 4 is 30.4 Å². The molecule has 4 saturated carbocycles. The summed E-state index contributed by atoms with van der Waals surface area (Å²) < 4.78 is 6.18. The molecular formula is C40H60N4O5. The van der Waals surface area contributed by atoms with Crippen LogP contribution in [0.1, 0.15) is 127 Å². The van der Waals surface area contributed by atoms with Crippen molar-refractivity contribution in [2.45, 2.75) is 138 Å². The standard InChI is InChI=1S/C40H60N4O5/c1-25(2)26(3)34-27-10-11-30-38(8,28(27)12-18-40(34,19-21-45)44-35(48)43-32-15-20-41-24-42-32)16-13-29-37(6,7)31(14-17-39(29,30)9)49-33(47)22-36(4,5)23-46/h15,20-21,23-25,27-31H,10-14,16-19,22H2,1-9H3,(H2,41,42,43,44,48)/b34-26+. The molecule has 9 nitrogen and oxygen atoms in total. The summed E-state index contributed by atoms with van der Waals surface area (Å²) in [5.74, 6) is 2.09. The molecule has 5 rings (SSSR count). The van der Waals surface area contributed by atoms with Gasteiger partial charge in [0.1, 0.15) is 30.8 Å². The largest absolute Gasteiger partial charge is 0.462 e. The summed E-state index contributed by atoms with van der Waals surface area (Å²) in [6, 6.07) is 1.31. The summed E-state index contributed by atoms with van der Waals surface area (Å²) in [4.78, 5) is 58.5. The van der Waals surface area contributed by atoms with Crippen molar-refractivity contribution in [3.8, 4) is 0 Å². The molecule has 4 aliphatic rings. The van der Waals surface area contributed by atoms with E-state index in [0.717, 1.165) is 57.5 Å². The molecule has 2 amide bonds. The van der Waals surface area contributed by atoms with Crippen LogP contribution in [-0.2, 0) is 19.1 Å². The van der Waals surface area contributed by atoms with Crippen LogP contribution in [0.5, 0.6) is 0 Å². The number of hydrogen-bond donors (Lipinski definition) is 2. The molecule has 4 fully saturated rings. The number of carbonyl (C=O) groups is 4. The second-order valence-electron chi connectivity index (χ2n) is 18.0. The topological polar surface area (TPSA) is 127 Å². The summed E-state index contributed by atoms with van der Waals surface area (Å²) in [7, 11) is 0. The minimum absolute atomic E-state index is 0.100. The second kappa shape index (κ2) is 13.6. The Labute approximate surface area is 293 Å². The maximum absolute atomic E-state index is 13.5. The van der Waals surface area contributed by atoms with Crippen LogP contribution < -0.4 is 10.6 Å². The van der Waals surface area contributed by atoms with Crippen molar-refractivity contribution in [3.05, 3.63) is 29.7 Å². The number of aromatic nitrogens is 2. The fourth-order valence-electron chi connectivity index (χ4n) is 11.5. The molecule has 0 aromatic carbocycles. The maximum atomic E-state index is 13.5. The number of amides is 2. The molecule has 0 aliphatic heterocycles. The zero-order valence-corrected chi connectivity index (χ0v) is 31.4. The fraction of sp³-hybridized carbons (Fsp3) is 0.750. The lowest BCUT2D eigenvalue weighted by Crippen LogP contribution is -2.65. The molecule has 0 radical (unpaired) electrons.